The van der Waals surface area contributed by atoms with Crippen LogP contribution in [0.3, 0.4) is 0 Å². The van der Waals surface area contributed by atoms with Gasteiger partial charge in [0.1, 0.15) is 34.8 Å². The quantitative estimate of drug-likeness (QED) is 0.129. The molecule has 0 fully saturated rings. The number of amides is 1. The lowest BCUT2D eigenvalue weighted by Crippen LogP contribution is -2.45. The Morgan fingerprint density at radius 3 is 1.55 bits per heavy atom. The second-order valence-electron chi connectivity index (χ2n) is 15.4. The van der Waals surface area contributed by atoms with Gasteiger partial charge in [-0.1, -0.05) is 69.3 Å². The molecule has 0 radical (unpaired) electrons. The normalized spacial score (nSPS) is 12.9. The van der Waals surface area contributed by atoms with E-state index >= 15 is 0 Å². The first-order valence-corrected chi connectivity index (χ1v) is 17.7. The number of benzene rings is 3. The maximum absolute atomic E-state index is 13.0. The van der Waals surface area contributed by atoms with Gasteiger partial charge in [0, 0.05) is 11.3 Å². The lowest BCUT2D eigenvalue weighted by atomic mass is 9.95. The first-order valence-electron chi connectivity index (χ1n) is 16.9. The third kappa shape index (κ3) is 13.9. The lowest BCUT2D eigenvalue weighted by Gasteiger charge is -2.24. The van der Waals surface area contributed by atoms with Crippen molar-refractivity contribution in [3.8, 4) is 22.6 Å². The molecule has 1 aromatic heterocycles. The molecule has 0 unspecified atom stereocenters. The number of carbonyl (C=O) groups excluding carboxylic acids is 3. The Kier molecular flexibility index (Phi) is 13.6. The number of rotatable bonds is 9. The van der Waals surface area contributed by atoms with Crippen molar-refractivity contribution in [2.24, 2.45) is 5.73 Å². The van der Waals surface area contributed by atoms with Gasteiger partial charge in [-0.15, -0.1) is 11.3 Å². The summed E-state index contributed by atoms with van der Waals surface area (Å²) in [5.41, 5.74) is 8.29. The molecule has 51 heavy (non-hydrogen) atoms. The summed E-state index contributed by atoms with van der Waals surface area (Å²) in [4.78, 5) is 39.3. The fourth-order valence-corrected chi connectivity index (χ4v) is 5.70. The molecule has 1 heterocycles. The topological polar surface area (TPSA) is 148 Å². The van der Waals surface area contributed by atoms with Crippen LogP contribution in [-0.4, -0.2) is 51.3 Å². The molecule has 0 saturated carbocycles. The molecule has 5 N–H and O–H groups in total. The average Bonchev–Trinajstić information content (AvgIpc) is 3.53. The number of carbonyl (C=O) groups is 3. The number of ether oxygens (including phenoxy) is 2. The smallest absolute Gasteiger partial charge is 0.329 e. The fourth-order valence-electron chi connectivity index (χ4n) is 4.73. The predicted molar refractivity (Wildman–Crippen MR) is 203 cm³/mol. The van der Waals surface area contributed by atoms with Gasteiger partial charge in [0.2, 0.25) is 0 Å². The first kappa shape index (κ1) is 40.8. The van der Waals surface area contributed by atoms with E-state index in [4.69, 9.17) is 20.3 Å². The minimum atomic E-state index is -0.813. The Morgan fingerprint density at radius 1 is 0.647 bits per heavy atom. The van der Waals surface area contributed by atoms with Crippen LogP contribution in [0.2, 0.25) is 0 Å². The number of phenolic OH excluding ortho intramolecular Hbond substituents is 2. The molecule has 0 aliphatic rings. The third-order valence-electron chi connectivity index (χ3n) is 7.26. The van der Waals surface area contributed by atoms with Gasteiger partial charge < -0.3 is 30.7 Å². The van der Waals surface area contributed by atoms with Gasteiger partial charge in [0.15, 0.2) is 0 Å². The summed E-state index contributed by atoms with van der Waals surface area (Å²) in [6.45, 7) is 17.2. The maximum atomic E-state index is 13.0. The summed E-state index contributed by atoms with van der Waals surface area (Å²) in [6.07, 6.45) is 0.712. The van der Waals surface area contributed by atoms with Crippen molar-refractivity contribution in [3.63, 3.8) is 0 Å². The molecule has 4 aromatic rings. The number of aromatic hydroxyl groups is 2. The molecule has 10 heteroatoms. The van der Waals surface area contributed by atoms with Gasteiger partial charge in [0.05, 0.1) is 4.88 Å². The van der Waals surface area contributed by atoms with Gasteiger partial charge in [-0.2, -0.15) is 0 Å². The van der Waals surface area contributed by atoms with E-state index in [9.17, 15) is 19.5 Å². The highest BCUT2D eigenvalue weighted by atomic mass is 32.1. The van der Waals surface area contributed by atoms with E-state index in [1.165, 1.54) is 11.3 Å². The van der Waals surface area contributed by atoms with Gasteiger partial charge >= 0.3 is 11.9 Å². The van der Waals surface area contributed by atoms with Crippen molar-refractivity contribution in [1.29, 1.82) is 0 Å². The van der Waals surface area contributed by atoms with E-state index in [1.54, 1.807) is 63.2 Å². The Hall–Kier alpha value is -4.67. The largest absolute Gasteiger partial charge is 0.508 e. The standard InChI is InChI=1S/C28H33NO4S.C13H19NO3/c1-27(2,3)24-16-15-23(34-24)25(31)29-22(26(32)33-28(4,5)6)17-18-7-9-19(10-8-18)20-11-13-21(30)14-12-20;1-13(2,3)17-12(16)11(14)8-9-4-6-10(15)7-5-9/h7-16,22,30H,17H2,1-6H3,(H,29,31);4-7,11,15H,8,14H2,1-3H3/t22-;11-/m00/s1. The number of thiophene rings is 1. The van der Waals surface area contributed by atoms with Crippen LogP contribution in [0, 0.1) is 0 Å². The summed E-state index contributed by atoms with van der Waals surface area (Å²) in [6, 6.07) is 23.7. The molecule has 0 bridgehead atoms. The summed E-state index contributed by atoms with van der Waals surface area (Å²) >= 11 is 1.44. The fraction of sp³-hybridized carbons (Fsp3) is 0.390. The van der Waals surface area contributed by atoms with Gasteiger partial charge in [-0.3, -0.25) is 9.59 Å². The predicted octanol–water partition coefficient (Wildman–Crippen LogP) is 7.70. The van der Waals surface area contributed by atoms with Crippen molar-refractivity contribution in [1.82, 2.24) is 5.32 Å². The van der Waals surface area contributed by atoms with E-state index in [1.807, 2.05) is 63.2 Å². The van der Waals surface area contributed by atoms with E-state index in [0.29, 0.717) is 17.7 Å². The summed E-state index contributed by atoms with van der Waals surface area (Å²) in [5.74, 6) is -0.741. The number of phenols is 2. The molecule has 4 rings (SSSR count). The average molecular weight is 717 g/mol. The van der Waals surface area contributed by atoms with Crippen molar-refractivity contribution < 1.29 is 34.1 Å². The first-order chi connectivity index (χ1) is 23.6. The van der Waals surface area contributed by atoms with Crippen molar-refractivity contribution in [2.45, 2.75) is 104 Å². The van der Waals surface area contributed by atoms with E-state index in [-0.39, 0.29) is 22.8 Å². The van der Waals surface area contributed by atoms with Gasteiger partial charge in [0.25, 0.3) is 5.91 Å². The molecule has 0 saturated heterocycles. The van der Waals surface area contributed by atoms with Crippen LogP contribution in [0.15, 0.2) is 84.9 Å². The van der Waals surface area contributed by atoms with Crippen LogP contribution in [-0.2, 0) is 37.3 Å². The van der Waals surface area contributed by atoms with Gasteiger partial charge in [-0.25, -0.2) is 4.79 Å². The van der Waals surface area contributed by atoms with Crippen molar-refractivity contribution in [2.75, 3.05) is 0 Å². The van der Waals surface area contributed by atoms with Gasteiger partial charge in [-0.05, 0) is 112 Å². The van der Waals surface area contributed by atoms with E-state index in [2.05, 4.69) is 26.1 Å². The summed E-state index contributed by atoms with van der Waals surface area (Å²) in [7, 11) is 0. The number of nitrogens with two attached hydrogens (primary N) is 1. The highest BCUT2D eigenvalue weighted by Crippen LogP contribution is 2.30. The molecule has 2 atom stereocenters. The zero-order valence-corrected chi connectivity index (χ0v) is 31.9. The molecule has 3 aromatic carbocycles. The molecular formula is C41H52N2O7S. The monoisotopic (exact) mass is 716 g/mol. The van der Waals surface area contributed by atoms with Crippen LogP contribution in [0.25, 0.3) is 11.1 Å². The van der Waals surface area contributed by atoms with Crippen molar-refractivity contribution in [3.05, 3.63) is 106 Å². The SMILES string of the molecule is CC(C)(C)OC(=O)[C@@H](N)Cc1ccc(O)cc1.CC(C)(C)OC(=O)[C@H](Cc1ccc(-c2ccc(O)cc2)cc1)NC(=O)c1ccc(C(C)(C)C)s1. The molecule has 1 amide bonds. The second kappa shape index (κ2) is 17.0. The minimum Gasteiger partial charge on any atom is -0.508 e. The molecule has 0 aliphatic heterocycles. The maximum Gasteiger partial charge on any atom is 0.329 e. The number of nitrogens with one attached hydrogen (secondary N) is 1. The number of hydrogen-bond donors (Lipinski definition) is 4. The number of esters is 2. The number of hydrogen-bond acceptors (Lipinski definition) is 9. The molecule has 0 spiro atoms. The zero-order valence-electron chi connectivity index (χ0n) is 31.1. The minimum absolute atomic E-state index is 0.0486. The Balaban J connectivity index is 0.000000347. The van der Waals surface area contributed by atoms with E-state index < -0.39 is 35.2 Å². The summed E-state index contributed by atoms with van der Waals surface area (Å²) in [5, 5.41) is 21.5. The van der Waals surface area contributed by atoms with Crippen LogP contribution >= 0.6 is 11.3 Å². The van der Waals surface area contributed by atoms with Crippen LogP contribution in [0.4, 0.5) is 0 Å². The van der Waals surface area contributed by atoms with Crippen LogP contribution < -0.4 is 11.1 Å². The molecule has 0 aliphatic carbocycles. The van der Waals surface area contributed by atoms with Crippen LogP contribution in [0.5, 0.6) is 11.5 Å². The van der Waals surface area contributed by atoms with Crippen LogP contribution in [0.1, 0.15) is 88.0 Å². The van der Waals surface area contributed by atoms with E-state index in [0.717, 1.165) is 27.1 Å². The summed E-state index contributed by atoms with van der Waals surface area (Å²) < 4.78 is 10.8. The zero-order chi connectivity index (χ0) is 38.1. The van der Waals surface area contributed by atoms with Crippen molar-refractivity contribution >= 4 is 29.2 Å². The lowest BCUT2D eigenvalue weighted by molar-refractivity contribution is -0.157. The molecular weight excluding hydrogens is 665 g/mol. The second-order valence-corrected chi connectivity index (χ2v) is 16.5. The highest BCUT2D eigenvalue weighted by Gasteiger charge is 2.28. The Bertz CT molecular complexity index is 1740. The molecule has 274 valence electrons. The third-order valence-corrected chi connectivity index (χ3v) is 8.77. The Labute approximate surface area is 305 Å². The highest BCUT2D eigenvalue weighted by molar-refractivity contribution is 7.14. The molecule has 9 nitrogen and oxygen atoms in total. The Morgan fingerprint density at radius 2 is 1.08 bits per heavy atom.